The Hall–Kier alpha value is -6.90. The van der Waals surface area contributed by atoms with Crippen LogP contribution in [0.1, 0.15) is 16.7 Å². The van der Waals surface area contributed by atoms with Crippen LogP contribution in [0.5, 0.6) is 0 Å². The predicted molar refractivity (Wildman–Crippen MR) is 226 cm³/mol. The number of halogens is 5. The van der Waals surface area contributed by atoms with Crippen LogP contribution in [0.15, 0.2) is 170 Å². The topological polar surface area (TPSA) is 49.7 Å². The molecule has 0 N–H and O–H groups in total. The molecule has 0 aliphatic rings. The number of rotatable bonds is 6. The van der Waals surface area contributed by atoms with Gasteiger partial charge in [0, 0.05) is 34.1 Å². The van der Waals surface area contributed by atoms with Crippen molar-refractivity contribution in [1.29, 1.82) is 0 Å². The summed E-state index contributed by atoms with van der Waals surface area (Å²) in [4.78, 5) is 14.7. The van der Waals surface area contributed by atoms with Crippen molar-refractivity contribution in [3.63, 3.8) is 0 Å². The molecule has 0 aliphatic heterocycles. The molecule has 0 unspecified atom stereocenters. The quantitative estimate of drug-likeness (QED) is 0.123. The van der Waals surface area contributed by atoms with E-state index in [9.17, 15) is 13.2 Å². The fourth-order valence-electron chi connectivity index (χ4n) is 8.38. The summed E-state index contributed by atoms with van der Waals surface area (Å²) >= 11 is 0. The van der Waals surface area contributed by atoms with Crippen LogP contribution in [0, 0.1) is 6.07 Å². The zero-order valence-electron chi connectivity index (χ0n) is 31.6. The molecule has 0 spiro atoms. The maximum absolute atomic E-state index is 16.1. The monoisotopic (exact) mass is 988 g/mol. The van der Waals surface area contributed by atoms with E-state index in [1.54, 1.807) is 12.1 Å². The van der Waals surface area contributed by atoms with Gasteiger partial charge in [0.05, 0.1) is 16.6 Å². The third kappa shape index (κ3) is 6.15. The van der Waals surface area contributed by atoms with Crippen molar-refractivity contribution in [1.82, 2.24) is 24.1 Å². The summed E-state index contributed by atoms with van der Waals surface area (Å²) in [7, 11) is 0. The number of benzene rings is 7. The molecule has 0 saturated heterocycles. The zero-order chi connectivity index (χ0) is 40.8. The molecule has 0 atom stereocenters. The van der Waals surface area contributed by atoms with Crippen LogP contribution >= 0.6 is 0 Å². The minimum Gasteiger partial charge on any atom is -0.656 e. The van der Waals surface area contributed by atoms with E-state index in [1.165, 1.54) is 41.0 Å². The largest absolute Gasteiger partial charge is 2.00 e. The van der Waals surface area contributed by atoms with Gasteiger partial charge in [0.1, 0.15) is 11.6 Å². The number of fused-ring (bicyclic) bond motifs is 7. The first kappa shape index (κ1) is 38.3. The molecule has 5 nitrogen and oxygen atoms in total. The summed E-state index contributed by atoms with van der Waals surface area (Å²) in [5.41, 5.74) is 5.38. The Kier molecular flexibility index (Phi) is 9.03. The van der Waals surface area contributed by atoms with E-state index in [4.69, 9.17) is 9.97 Å². The molecule has 0 aliphatic carbocycles. The number of para-hydroxylation sites is 4. The van der Waals surface area contributed by atoms with E-state index < -0.39 is 17.7 Å². The number of alkyl halides is 5. The van der Waals surface area contributed by atoms with E-state index in [1.807, 2.05) is 91.0 Å². The second-order valence-corrected chi connectivity index (χ2v) is 14.7. The Bertz CT molecular complexity index is 3460. The van der Waals surface area contributed by atoms with Gasteiger partial charge in [0.15, 0.2) is 0 Å². The zero-order valence-corrected chi connectivity index (χ0v) is 33.9. The second kappa shape index (κ2) is 14.4. The van der Waals surface area contributed by atoms with Crippen LogP contribution in [-0.4, -0.2) is 19.1 Å². The maximum Gasteiger partial charge on any atom is 2.00 e. The maximum atomic E-state index is 16.1. The number of aromatic nitrogens is 5. The number of hydrogen-bond acceptors (Lipinski definition) is 2. The van der Waals surface area contributed by atoms with E-state index in [0.717, 1.165) is 56.9 Å². The third-order valence-corrected chi connectivity index (χ3v) is 11.2. The van der Waals surface area contributed by atoms with Gasteiger partial charge in [0.2, 0.25) is 0 Å². The molecule has 61 heavy (non-hydrogen) atoms. The molecule has 11 rings (SSSR count). The van der Waals surface area contributed by atoms with Crippen LogP contribution in [0.4, 0.5) is 22.0 Å². The van der Waals surface area contributed by atoms with Gasteiger partial charge in [0.25, 0.3) is 5.92 Å². The van der Waals surface area contributed by atoms with Gasteiger partial charge in [-0.3, -0.25) is 4.57 Å². The Morgan fingerprint density at radius 2 is 1.25 bits per heavy atom. The number of hydrogen-bond donors (Lipinski definition) is 0. The van der Waals surface area contributed by atoms with Gasteiger partial charge < -0.3 is 9.55 Å². The van der Waals surface area contributed by atoms with E-state index in [-0.39, 0.29) is 43.5 Å². The summed E-state index contributed by atoms with van der Waals surface area (Å²) in [5.74, 6) is -2.81. The van der Waals surface area contributed by atoms with Crippen molar-refractivity contribution in [2.75, 3.05) is 0 Å². The van der Waals surface area contributed by atoms with Gasteiger partial charge in [-0.1, -0.05) is 126 Å². The predicted octanol–water partition coefficient (Wildman–Crippen LogP) is 13.1. The molecule has 0 saturated carbocycles. The smallest absolute Gasteiger partial charge is 0.656 e. The van der Waals surface area contributed by atoms with Crippen LogP contribution in [0.25, 0.3) is 88.7 Å². The molecule has 7 aromatic carbocycles. The second-order valence-electron chi connectivity index (χ2n) is 14.7. The van der Waals surface area contributed by atoms with Gasteiger partial charge in [-0.2, -0.15) is 22.0 Å². The van der Waals surface area contributed by atoms with Gasteiger partial charge in [-0.15, -0.1) is 34.8 Å². The molecule has 298 valence electrons. The molecule has 11 aromatic rings. The summed E-state index contributed by atoms with van der Waals surface area (Å²) < 4.78 is 78.2. The number of imidazole rings is 1. The van der Waals surface area contributed by atoms with Crippen LogP contribution in [-0.2, 0) is 33.2 Å². The van der Waals surface area contributed by atoms with Crippen molar-refractivity contribution in [3.05, 3.63) is 193 Å². The van der Waals surface area contributed by atoms with Crippen molar-refractivity contribution in [3.8, 4) is 34.0 Å². The standard InChI is InChI=1S/C50H28F5N5.Pt/c51-49(52,31-11-3-1-4-12-31)32-22-24-38-37-23-21-30(27-43(37)60(44(38)28-32)45-29-33(25-26-56-45)50(53,54)55)35-16-10-20-42-47(35)58-48(59(42)34-13-5-2-6-14-34)40-18-9-17-39-36-15-7-8-19-41(36)57-46(39)40;/h1-26,28-29H;/q-2;+2. The van der Waals surface area contributed by atoms with E-state index in [2.05, 4.69) is 27.8 Å². The van der Waals surface area contributed by atoms with E-state index in [0.29, 0.717) is 38.8 Å². The molecule has 4 heterocycles. The van der Waals surface area contributed by atoms with Crippen LogP contribution in [0.3, 0.4) is 0 Å². The van der Waals surface area contributed by atoms with Crippen molar-refractivity contribution >= 4 is 54.6 Å². The fourth-order valence-corrected chi connectivity index (χ4v) is 8.38. The van der Waals surface area contributed by atoms with Gasteiger partial charge >= 0.3 is 27.2 Å². The molecule has 4 aromatic heterocycles. The fraction of sp³-hybridized carbons (Fsp3) is 0.0400. The summed E-state index contributed by atoms with van der Waals surface area (Å²) in [5, 5.41) is 3.21. The molecule has 0 amide bonds. The van der Waals surface area contributed by atoms with Crippen LogP contribution < -0.4 is 4.98 Å². The molecular formula is C50H28F5N5Pt. The first-order chi connectivity index (χ1) is 29.1. The molecular weight excluding hydrogens is 961 g/mol. The normalized spacial score (nSPS) is 12.2. The summed E-state index contributed by atoms with van der Waals surface area (Å²) in [6.45, 7) is 0. The Balaban J connectivity index is 0.00000445. The minimum atomic E-state index is -4.67. The van der Waals surface area contributed by atoms with Crippen LogP contribution in [0.2, 0.25) is 0 Å². The molecule has 0 bridgehead atoms. The van der Waals surface area contributed by atoms with E-state index >= 15 is 8.78 Å². The first-order valence-corrected chi connectivity index (χ1v) is 19.1. The average molecular weight is 989 g/mol. The summed E-state index contributed by atoms with van der Waals surface area (Å²) in [6, 6.07) is 50.6. The first-order valence-electron chi connectivity index (χ1n) is 19.1. The number of nitrogens with zero attached hydrogens (tertiary/aromatic N) is 5. The Morgan fingerprint density at radius 3 is 2.05 bits per heavy atom. The van der Waals surface area contributed by atoms with Crippen molar-refractivity contribution in [2.45, 2.75) is 12.1 Å². The molecule has 0 radical (unpaired) electrons. The average Bonchev–Trinajstić information content (AvgIpc) is 3.96. The van der Waals surface area contributed by atoms with Crippen molar-refractivity contribution < 1.29 is 43.0 Å². The van der Waals surface area contributed by atoms with Gasteiger partial charge in [-0.05, 0) is 58.1 Å². The summed E-state index contributed by atoms with van der Waals surface area (Å²) in [6.07, 6.45) is -3.59. The Morgan fingerprint density at radius 1 is 0.541 bits per heavy atom. The number of pyridine rings is 1. The minimum absolute atomic E-state index is 0. The SMILES string of the molecule is FC(F)(F)c1ccnc(-n2c3[c-]c(-c4cccc5c4nc(-c4cccc6c4[n-]c4ccccc46)n5-c4ccccc4)ccc3c3ccc(C(F)(F)c4ccccc4)cc32)c1.[Pt+2]. The van der Waals surface area contributed by atoms with Crippen molar-refractivity contribution in [2.24, 2.45) is 0 Å². The Labute approximate surface area is 359 Å². The van der Waals surface area contributed by atoms with Gasteiger partial charge in [-0.25, -0.2) is 9.97 Å². The molecule has 11 heteroatoms. The third-order valence-electron chi connectivity index (χ3n) is 11.2. The molecule has 0 fully saturated rings.